The van der Waals surface area contributed by atoms with Crippen molar-refractivity contribution in [2.45, 2.75) is 0 Å². The van der Waals surface area contributed by atoms with Gasteiger partial charge in [0.2, 0.25) is 0 Å². The van der Waals surface area contributed by atoms with Crippen molar-refractivity contribution in [1.82, 2.24) is 15.0 Å². The molecule has 4 heteroatoms. The first kappa shape index (κ1) is 27.0. The van der Waals surface area contributed by atoms with Gasteiger partial charge in [0.1, 0.15) is 17.5 Å². The molecule has 220 valence electrons. The molecular weight excluding hydrogens is 574 g/mol. The minimum absolute atomic E-state index is 0.605. The molecule has 0 saturated heterocycles. The molecule has 4 nitrogen and oxygen atoms in total. The minimum atomic E-state index is 0.605. The molecule has 0 amide bonds. The van der Waals surface area contributed by atoms with E-state index < -0.39 is 0 Å². The van der Waals surface area contributed by atoms with Crippen LogP contribution in [0.3, 0.4) is 0 Å². The Morgan fingerprint density at radius 2 is 0.830 bits per heavy atom. The van der Waals surface area contributed by atoms with Gasteiger partial charge in [-0.15, -0.1) is 0 Å². The van der Waals surface area contributed by atoms with Gasteiger partial charge in [0.15, 0.2) is 11.6 Å². The van der Waals surface area contributed by atoms with E-state index >= 15 is 0 Å². The van der Waals surface area contributed by atoms with Gasteiger partial charge in [-0.05, 0) is 62.4 Å². The van der Waals surface area contributed by atoms with E-state index in [0.29, 0.717) is 11.6 Å². The molecule has 9 aromatic rings. The van der Waals surface area contributed by atoms with Crippen molar-refractivity contribution in [2.24, 2.45) is 0 Å². The van der Waals surface area contributed by atoms with Crippen molar-refractivity contribution in [3.63, 3.8) is 0 Å². The van der Waals surface area contributed by atoms with Gasteiger partial charge in [0, 0.05) is 21.9 Å². The van der Waals surface area contributed by atoms with Gasteiger partial charge in [-0.2, -0.15) is 0 Å². The lowest BCUT2D eigenvalue weighted by atomic mass is 9.94. The standard InChI is InChI=1S/C43H27N3O/c1-3-11-28(12-4-1)29-21-23-31(24-22-29)33-17-9-19-38-40(33)41-37(18-10-20-39(41)47-38)43-45-27-44-42(46-43)36-26-25-32(30-13-5-2-6-14-30)34-15-7-8-16-35(34)36/h1-27H. The molecule has 0 aliphatic carbocycles. The summed E-state index contributed by atoms with van der Waals surface area (Å²) in [4.78, 5) is 14.5. The summed E-state index contributed by atoms with van der Waals surface area (Å²) in [7, 11) is 0. The van der Waals surface area contributed by atoms with Crippen LogP contribution >= 0.6 is 0 Å². The number of benzene rings is 7. The van der Waals surface area contributed by atoms with Crippen molar-refractivity contribution < 1.29 is 4.42 Å². The molecule has 0 bridgehead atoms. The van der Waals surface area contributed by atoms with Crippen molar-refractivity contribution in [3.8, 4) is 56.2 Å². The summed E-state index contributed by atoms with van der Waals surface area (Å²) in [6.45, 7) is 0. The molecule has 0 aliphatic rings. The predicted molar refractivity (Wildman–Crippen MR) is 192 cm³/mol. The fourth-order valence-corrected chi connectivity index (χ4v) is 6.69. The molecule has 0 fully saturated rings. The number of furan rings is 1. The minimum Gasteiger partial charge on any atom is -0.456 e. The second-order valence-corrected chi connectivity index (χ2v) is 11.6. The topological polar surface area (TPSA) is 51.8 Å². The molecular formula is C43H27N3O. The zero-order valence-electron chi connectivity index (χ0n) is 25.3. The molecule has 9 rings (SSSR count). The van der Waals surface area contributed by atoms with E-state index in [-0.39, 0.29) is 0 Å². The third kappa shape index (κ3) is 4.66. The van der Waals surface area contributed by atoms with Crippen LogP contribution in [0, 0.1) is 0 Å². The van der Waals surface area contributed by atoms with Crippen LogP contribution in [0.1, 0.15) is 0 Å². The molecule has 7 aromatic carbocycles. The van der Waals surface area contributed by atoms with Crippen LogP contribution in [0.4, 0.5) is 0 Å². The summed E-state index contributed by atoms with van der Waals surface area (Å²) in [5, 5.41) is 4.29. The fourth-order valence-electron chi connectivity index (χ4n) is 6.69. The van der Waals surface area contributed by atoms with Crippen molar-refractivity contribution in [1.29, 1.82) is 0 Å². The highest BCUT2D eigenvalue weighted by molar-refractivity contribution is 6.17. The van der Waals surface area contributed by atoms with Gasteiger partial charge in [-0.25, -0.2) is 15.0 Å². The zero-order valence-corrected chi connectivity index (χ0v) is 25.3. The van der Waals surface area contributed by atoms with Crippen LogP contribution in [0.15, 0.2) is 168 Å². The van der Waals surface area contributed by atoms with Crippen LogP contribution in [0.5, 0.6) is 0 Å². The molecule has 0 N–H and O–H groups in total. The summed E-state index contributed by atoms with van der Waals surface area (Å²) in [6.07, 6.45) is 1.61. The summed E-state index contributed by atoms with van der Waals surface area (Å²) in [5.41, 5.74) is 10.4. The Kier molecular flexibility index (Phi) is 6.43. The Hall–Kier alpha value is -6.39. The number of aromatic nitrogens is 3. The highest BCUT2D eigenvalue weighted by atomic mass is 16.3. The molecule has 0 radical (unpaired) electrons. The van der Waals surface area contributed by atoms with Gasteiger partial charge >= 0.3 is 0 Å². The second kappa shape index (κ2) is 11.2. The first-order chi connectivity index (χ1) is 23.3. The lowest BCUT2D eigenvalue weighted by Crippen LogP contribution is -1.97. The van der Waals surface area contributed by atoms with Gasteiger partial charge in [0.05, 0.1) is 0 Å². The Bertz CT molecular complexity index is 2550. The second-order valence-electron chi connectivity index (χ2n) is 11.6. The summed E-state index contributed by atoms with van der Waals surface area (Å²) in [5.74, 6) is 1.24. The average Bonchev–Trinajstić information content (AvgIpc) is 3.55. The highest BCUT2D eigenvalue weighted by Crippen LogP contribution is 2.41. The summed E-state index contributed by atoms with van der Waals surface area (Å²) >= 11 is 0. The largest absolute Gasteiger partial charge is 0.456 e. The van der Waals surface area contributed by atoms with Crippen LogP contribution < -0.4 is 0 Å². The normalized spacial score (nSPS) is 11.4. The number of fused-ring (bicyclic) bond motifs is 4. The number of hydrogen-bond acceptors (Lipinski definition) is 4. The summed E-state index contributed by atoms with van der Waals surface area (Å²) in [6, 6.07) is 54.7. The highest BCUT2D eigenvalue weighted by Gasteiger charge is 2.19. The number of nitrogens with zero attached hydrogens (tertiary/aromatic N) is 3. The van der Waals surface area contributed by atoms with E-state index in [1.807, 2.05) is 30.3 Å². The maximum absolute atomic E-state index is 6.43. The van der Waals surface area contributed by atoms with E-state index in [4.69, 9.17) is 14.4 Å². The monoisotopic (exact) mass is 601 g/mol. The predicted octanol–water partition coefficient (Wildman–Crippen LogP) is 11.3. The van der Waals surface area contributed by atoms with E-state index in [9.17, 15) is 0 Å². The Balaban J connectivity index is 1.19. The third-order valence-electron chi connectivity index (χ3n) is 8.89. The van der Waals surface area contributed by atoms with Gasteiger partial charge in [-0.1, -0.05) is 140 Å². The zero-order chi connectivity index (χ0) is 31.2. The van der Waals surface area contributed by atoms with E-state index in [0.717, 1.165) is 55.0 Å². The summed E-state index contributed by atoms with van der Waals surface area (Å²) < 4.78 is 6.43. The third-order valence-corrected chi connectivity index (χ3v) is 8.89. The van der Waals surface area contributed by atoms with E-state index in [1.165, 1.54) is 22.3 Å². The van der Waals surface area contributed by atoms with Crippen LogP contribution in [0.2, 0.25) is 0 Å². The molecule has 0 unspecified atom stereocenters. The first-order valence-electron chi connectivity index (χ1n) is 15.7. The Morgan fingerprint density at radius 3 is 1.53 bits per heavy atom. The van der Waals surface area contributed by atoms with Gasteiger partial charge in [0.25, 0.3) is 0 Å². The number of rotatable bonds is 5. The van der Waals surface area contributed by atoms with Crippen LogP contribution in [-0.2, 0) is 0 Å². The quantitative estimate of drug-likeness (QED) is 0.197. The maximum Gasteiger partial charge on any atom is 0.164 e. The lowest BCUT2D eigenvalue weighted by molar-refractivity contribution is 0.669. The maximum atomic E-state index is 6.43. The van der Waals surface area contributed by atoms with Crippen molar-refractivity contribution in [3.05, 3.63) is 164 Å². The van der Waals surface area contributed by atoms with Crippen LogP contribution in [-0.4, -0.2) is 15.0 Å². The average molecular weight is 602 g/mol. The lowest BCUT2D eigenvalue weighted by Gasteiger charge is -2.12. The molecule has 2 aromatic heterocycles. The van der Waals surface area contributed by atoms with Crippen LogP contribution in [0.25, 0.3) is 88.9 Å². The number of hydrogen-bond donors (Lipinski definition) is 0. The van der Waals surface area contributed by atoms with E-state index in [2.05, 4.69) is 132 Å². The molecule has 47 heavy (non-hydrogen) atoms. The van der Waals surface area contributed by atoms with E-state index in [1.54, 1.807) is 6.33 Å². The van der Waals surface area contributed by atoms with Crippen molar-refractivity contribution in [2.75, 3.05) is 0 Å². The SMILES string of the molecule is c1ccc(-c2ccc(-c3cccc4oc5cccc(-c6ncnc(-c7ccc(-c8ccccc8)c8ccccc78)n6)c5c34)cc2)cc1. The fraction of sp³-hybridized carbons (Fsp3) is 0. The Morgan fingerprint density at radius 1 is 0.340 bits per heavy atom. The van der Waals surface area contributed by atoms with Gasteiger partial charge in [-0.3, -0.25) is 0 Å². The van der Waals surface area contributed by atoms with Gasteiger partial charge < -0.3 is 4.42 Å². The Labute approximate surface area is 271 Å². The molecule has 0 saturated carbocycles. The smallest absolute Gasteiger partial charge is 0.164 e. The molecule has 0 atom stereocenters. The first-order valence-corrected chi connectivity index (χ1v) is 15.7. The molecule has 2 heterocycles. The van der Waals surface area contributed by atoms with Crippen molar-refractivity contribution >= 4 is 32.7 Å². The molecule has 0 spiro atoms. The molecule has 0 aliphatic heterocycles.